The monoisotopic (exact) mass is 337 g/mol. The molecule has 5 nitrogen and oxygen atoms in total. The van der Waals surface area contributed by atoms with E-state index in [1.807, 2.05) is 0 Å². The van der Waals surface area contributed by atoms with Crippen LogP contribution in [-0.4, -0.2) is 34.2 Å². The highest BCUT2D eigenvalue weighted by Gasteiger charge is 2.30. The molecular formula is C12H16ClNO4S2. The number of hydrogen-bond acceptors (Lipinski definition) is 4. The lowest BCUT2D eigenvalue weighted by molar-refractivity contribution is 0.373. The number of hydrogen-bond donors (Lipinski definition) is 0. The van der Waals surface area contributed by atoms with Crippen molar-refractivity contribution in [1.82, 2.24) is 4.31 Å². The Bertz CT molecular complexity index is 694. The maximum Gasteiger partial charge on any atom is 0.261 e. The third-order valence-corrected chi connectivity index (χ3v) is 6.86. The van der Waals surface area contributed by atoms with Gasteiger partial charge in [-0.15, -0.1) is 0 Å². The molecule has 0 aliphatic heterocycles. The summed E-state index contributed by atoms with van der Waals surface area (Å²) in [6.45, 7) is 0. The van der Waals surface area contributed by atoms with Gasteiger partial charge in [-0.1, -0.05) is 18.9 Å². The molecule has 0 saturated heterocycles. The van der Waals surface area contributed by atoms with Crippen LogP contribution in [0.25, 0.3) is 0 Å². The lowest BCUT2D eigenvalue weighted by atomic mass is 10.3. The first-order valence-corrected chi connectivity index (χ1v) is 10.0. The van der Waals surface area contributed by atoms with Crippen molar-refractivity contribution in [2.45, 2.75) is 41.5 Å². The van der Waals surface area contributed by atoms with Gasteiger partial charge in [0, 0.05) is 23.8 Å². The molecule has 0 amide bonds. The molecule has 1 aliphatic carbocycles. The molecule has 0 radical (unpaired) electrons. The van der Waals surface area contributed by atoms with E-state index < -0.39 is 19.1 Å². The summed E-state index contributed by atoms with van der Waals surface area (Å²) in [4.78, 5) is -0.256. The predicted molar refractivity (Wildman–Crippen MR) is 76.7 cm³/mol. The Labute approximate surface area is 124 Å². The topological polar surface area (TPSA) is 71.5 Å². The molecule has 0 spiro atoms. The van der Waals surface area contributed by atoms with Crippen LogP contribution in [0.1, 0.15) is 25.7 Å². The molecule has 1 aromatic rings. The number of sulfonamides is 1. The molecule has 0 bridgehead atoms. The van der Waals surface area contributed by atoms with Crippen LogP contribution in [-0.2, 0) is 19.1 Å². The summed E-state index contributed by atoms with van der Waals surface area (Å²) in [6.07, 6.45) is 3.70. The van der Waals surface area contributed by atoms with Crippen molar-refractivity contribution in [2.75, 3.05) is 7.05 Å². The van der Waals surface area contributed by atoms with E-state index in [2.05, 4.69) is 0 Å². The van der Waals surface area contributed by atoms with E-state index in [9.17, 15) is 16.8 Å². The van der Waals surface area contributed by atoms with Gasteiger partial charge >= 0.3 is 0 Å². The molecule has 0 atom stereocenters. The van der Waals surface area contributed by atoms with Gasteiger partial charge < -0.3 is 0 Å². The summed E-state index contributed by atoms with van der Waals surface area (Å²) >= 11 is 0. The van der Waals surface area contributed by atoms with Crippen LogP contribution in [0, 0.1) is 0 Å². The number of benzene rings is 1. The Balaban J connectivity index is 2.39. The maximum atomic E-state index is 12.5. The van der Waals surface area contributed by atoms with Gasteiger partial charge in [-0.3, -0.25) is 0 Å². The summed E-state index contributed by atoms with van der Waals surface area (Å²) in [5, 5.41) is 0. The Morgan fingerprint density at radius 3 is 2.20 bits per heavy atom. The summed E-state index contributed by atoms with van der Waals surface area (Å²) < 4.78 is 48.9. The summed E-state index contributed by atoms with van der Waals surface area (Å²) in [5.74, 6) is 0. The van der Waals surface area contributed by atoms with Gasteiger partial charge in [0.2, 0.25) is 10.0 Å². The minimum atomic E-state index is -3.94. The van der Waals surface area contributed by atoms with Gasteiger partial charge in [0.15, 0.2) is 0 Å². The molecule has 1 aliphatic rings. The van der Waals surface area contributed by atoms with Crippen LogP contribution in [0.3, 0.4) is 0 Å². The molecule has 0 aromatic heterocycles. The Kier molecular flexibility index (Phi) is 4.44. The molecule has 1 aromatic carbocycles. The zero-order valence-electron chi connectivity index (χ0n) is 11.0. The third-order valence-electron chi connectivity index (χ3n) is 3.60. The van der Waals surface area contributed by atoms with Gasteiger partial charge in [0.1, 0.15) is 0 Å². The van der Waals surface area contributed by atoms with E-state index in [-0.39, 0.29) is 15.8 Å². The van der Waals surface area contributed by atoms with Crippen LogP contribution >= 0.6 is 10.7 Å². The Morgan fingerprint density at radius 2 is 1.65 bits per heavy atom. The van der Waals surface area contributed by atoms with Gasteiger partial charge in [-0.25, -0.2) is 16.8 Å². The molecule has 20 heavy (non-hydrogen) atoms. The zero-order chi connectivity index (χ0) is 15.0. The van der Waals surface area contributed by atoms with Crippen LogP contribution < -0.4 is 0 Å². The molecular weight excluding hydrogens is 322 g/mol. The van der Waals surface area contributed by atoms with E-state index in [1.54, 1.807) is 0 Å². The first kappa shape index (κ1) is 15.8. The largest absolute Gasteiger partial charge is 0.261 e. The second kappa shape index (κ2) is 5.63. The van der Waals surface area contributed by atoms with E-state index in [0.717, 1.165) is 31.7 Å². The zero-order valence-corrected chi connectivity index (χ0v) is 13.4. The van der Waals surface area contributed by atoms with Gasteiger partial charge in [0.25, 0.3) is 9.05 Å². The SMILES string of the molecule is CN(C1CCCC1)S(=O)(=O)c1cccc(S(=O)(=O)Cl)c1. The first-order chi connectivity index (χ1) is 9.23. The second-order valence-corrected chi connectivity index (χ2v) is 9.44. The average Bonchev–Trinajstić information content (AvgIpc) is 2.90. The van der Waals surface area contributed by atoms with Crippen molar-refractivity contribution in [1.29, 1.82) is 0 Å². The van der Waals surface area contributed by atoms with Crippen molar-refractivity contribution in [2.24, 2.45) is 0 Å². The average molecular weight is 338 g/mol. The fourth-order valence-electron chi connectivity index (χ4n) is 2.42. The van der Waals surface area contributed by atoms with E-state index >= 15 is 0 Å². The molecule has 0 N–H and O–H groups in total. The number of nitrogens with zero attached hydrogens (tertiary/aromatic N) is 1. The number of halogens is 1. The molecule has 112 valence electrons. The Hall–Kier alpha value is -0.630. The quantitative estimate of drug-likeness (QED) is 0.789. The molecule has 1 saturated carbocycles. The highest BCUT2D eigenvalue weighted by atomic mass is 35.7. The summed E-state index contributed by atoms with van der Waals surface area (Å²) in [6, 6.07) is 5.12. The van der Waals surface area contributed by atoms with E-state index in [0.29, 0.717) is 0 Å². The summed E-state index contributed by atoms with van der Waals surface area (Å²) in [5.41, 5.74) is 0. The maximum absolute atomic E-state index is 12.5. The lowest BCUT2D eigenvalue weighted by Gasteiger charge is -2.23. The molecule has 1 fully saturated rings. The van der Waals surface area contributed by atoms with E-state index in [1.165, 1.54) is 29.6 Å². The normalized spacial score (nSPS) is 17.8. The smallest absolute Gasteiger partial charge is 0.207 e. The van der Waals surface area contributed by atoms with Crippen LogP contribution in [0.4, 0.5) is 0 Å². The predicted octanol–water partition coefficient (Wildman–Crippen LogP) is 2.18. The standard InChI is InChI=1S/C12H16ClNO4S2/c1-14(10-5-2-3-6-10)20(17,18)12-8-4-7-11(9-12)19(13,15)16/h4,7-10H,2-3,5-6H2,1H3. The first-order valence-electron chi connectivity index (χ1n) is 6.26. The molecule has 2 rings (SSSR count). The lowest BCUT2D eigenvalue weighted by Crippen LogP contribution is -2.35. The van der Waals surface area contributed by atoms with Gasteiger partial charge in [-0.05, 0) is 31.0 Å². The van der Waals surface area contributed by atoms with Crippen molar-refractivity contribution < 1.29 is 16.8 Å². The van der Waals surface area contributed by atoms with Crippen LogP contribution in [0.15, 0.2) is 34.1 Å². The minimum absolute atomic E-state index is 0.0173. The fourth-order valence-corrected chi connectivity index (χ4v) is 4.75. The van der Waals surface area contributed by atoms with Gasteiger partial charge in [0.05, 0.1) is 9.79 Å². The second-order valence-electron chi connectivity index (χ2n) is 4.87. The van der Waals surface area contributed by atoms with Crippen molar-refractivity contribution in [3.8, 4) is 0 Å². The molecule has 0 unspecified atom stereocenters. The van der Waals surface area contributed by atoms with Crippen molar-refractivity contribution in [3.63, 3.8) is 0 Å². The highest BCUT2D eigenvalue weighted by molar-refractivity contribution is 8.13. The van der Waals surface area contributed by atoms with Gasteiger partial charge in [-0.2, -0.15) is 4.31 Å². The molecule has 8 heteroatoms. The molecule has 0 heterocycles. The van der Waals surface area contributed by atoms with Crippen molar-refractivity contribution in [3.05, 3.63) is 24.3 Å². The summed E-state index contributed by atoms with van der Waals surface area (Å²) in [7, 11) is -0.850. The Morgan fingerprint density at radius 1 is 1.10 bits per heavy atom. The fraction of sp³-hybridized carbons (Fsp3) is 0.500. The van der Waals surface area contributed by atoms with Crippen molar-refractivity contribution >= 4 is 29.8 Å². The van der Waals surface area contributed by atoms with E-state index in [4.69, 9.17) is 10.7 Å². The number of rotatable bonds is 4. The minimum Gasteiger partial charge on any atom is -0.207 e. The van der Waals surface area contributed by atoms with Crippen LogP contribution in [0.2, 0.25) is 0 Å². The van der Waals surface area contributed by atoms with Crippen LogP contribution in [0.5, 0.6) is 0 Å². The highest BCUT2D eigenvalue weighted by Crippen LogP contribution is 2.28. The third kappa shape index (κ3) is 3.16.